The van der Waals surface area contributed by atoms with Gasteiger partial charge in [-0.25, -0.2) is 8.42 Å². The maximum Gasteiger partial charge on any atom is 0.241 e. The van der Waals surface area contributed by atoms with E-state index in [1.54, 1.807) is 24.3 Å². The fourth-order valence-electron chi connectivity index (χ4n) is 2.78. The lowest BCUT2D eigenvalue weighted by molar-refractivity contribution is -0.117. The van der Waals surface area contributed by atoms with E-state index < -0.39 is 10.0 Å². The summed E-state index contributed by atoms with van der Waals surface area (Å²) >= 11 is 0. The van der Waals surface area contributed by atoms with E-state index in [-0.39, 0.29) is 17.7 Å². The summed E-state index contributed by atoms with van der Waals surface area (Å²) in [6.07, 6.45) is 2.54. The molecule has 1 aromatic carbocycles. The van der Waals surface area contributed by atoms with E-state index in [4.69, 9.17) is 0 Å². The molecular formula is C14H19N3O3S. The highest BCUT2D eigenvalue weighted by Crippen LogP contribution is 2.25. The Morgan fingerprint density at radius 2 is 2.00 bits per heavy atom. The fraction of sp³-hybridized carbons (Fsp3) is 0.500. The molecule has 0 aliphatic carbocycles. The van der Waals surface area contributed by atoms with Crippen LogP contribution in [0.2, 0.25) is 0 Å². The smallest absolute Gasteiger partial charge is 0.241 e. The highest BCUT2D eigenvalue weighted by atomic mass is 32.2. The lowest BCUT2D eigenvalue weighted by atomic mass is 10.2. The van der Waals surface area contributed by atoms with Gasteiger partial charge < -0.3 is 10.6 Å². The standard InChI is InChI=1S/C14H19N3O3S/c18-14(13-3-1-8-15-13)16-11-4-6-12(7-5-11)17-9-2-10-21(17,19)20/h4-7,13,15H,1-3,8-10H2,(H,16,18). The number of hydrogen-bond donors (Lipinski definition) is 2. The molecule has 2 heterocycles. The molecule has 3 rings (SSSR count). The van der Waals surface area contributed by atoms with Crippen molar-refractivity contribution in [3.05, 3.63) is 24.3 Å². The van der Waals surface area contributed by atoms with E-state index in [0.29, 0.717) is 24.3 Å². The van der Waals surface area contributed by atoms with E-state index in [2.05, 4.69) is 10.6 Å². The zero-order chi connectivity index (χ0) is 14.9. The van der Waals surface area contributed by atoms with Crippen LogP contribution in [0.3, 0.4) is 0 Å². The van der Waals surface area contributed by atoms with Crippen LogP contribution in [0.15, 0.2) is 24.3 Å². The molecule has 6 nitrogen and oxygen atoms in total. The summed E-state index contributed by atoms with van der Waals surface area (Å²) in [6, 6.07) is 6.84. The van der Waals surface area contributed by atoms with Gasteiger partial charge in [-0.2, -0.15) is 0 Å². The van der Waals surface area contributed by atoms with E-state index in [9.17, 15) is 13.2 Å². The zero-order valence-corrected chi connectivity index (χ0v) is 12.5. The molecule has 2 saturated heterocycles. The van der Waals surface area contributed by atoms with Crippen molar-refractivity contribution in [2.45, 2.75) is 25.3 Å². The summed E-state index contributed by atoms with van der Waals surface area (Å²) in [5.74, 6) is 0.174. The van der Waals surface area contributed by atoms with Crippen LogP contribution < -0.4 is 14.9 Å². The molecule has 0 radical (unpaired) electrons. The first-order chi connectivity index (χ1) is 10.1. The second-order valence-corrected chi connectivity index (χ2v) is 7.44. The highest BCUT2D eigenvalue weighted by Gasteiger charge is 2.28. The Kier molecular flexibility index (Phi) is 3.86. The van der Waals surface area contributed by atoms with Crippen LogP contribution in [0.25, 0.3) is 0 Å². The maximum absolute atomic E-state index is 12.0. The van der Waals surface area contributed by atoms with Crippen molar-refractivity contribution < 1.29 is 13.2 Å². The summed E-state index contributed by atoms with van der Waals surface area (Å²) in [5.41, 5.74) is 1.35. The Labute approximate surface area is 124 Å². The van der Waals surface area contributed by atoms with Gasteiger partial charge in [-0.05, 0) is 50.1 Å². The number of carbonyl (C=O) groups excluding carboxylic acids is 1. The molecule has 2 aliphatic rings. The van der Waals surface area contributed by atoms with Crippen LogP contribution in [-0.2, 0) is 14.8 Å². The van der Waals surface area contributed by atoms with Gasteiger partial charge >= 0.3 is 0 Å². The highest BCUT2D eigenvalue weighted by molar-refractivity contribution is 7.93. The van der Waals surface area contributed by atoms with Crippen molar-refractivity contribution in [1.82, 2.24) is 5.32 Å². The van der Waals surface area contributed by atoms with Gasteiger partial charge in [-0.3, -0.25) is 9.10 Å². The zero-order valence-electron chi connectivity index (χ0n) is 11.7. The molecule has 1 atom stereocenters. The third kappa shape index (κ3) is 3.03. The number of anilines is 2. The molecule has 7 heteroatoms. The Balaban J connectivity index is 1.68. The second kappa shape index (κ2) is 5.65. The molecule has 0 bridgehead atoms. The van der Waals surface area contributed by atoms with E-state index in [1.807, 2.05) is 0 Å². The van der Waals surface area contributed by atoms with Gasteiger partial charge in [-0.15, -0.1) is 0 Å². The molecule has 0 spiro atoms. The normalized spacial score (nSPS) is 24.2. The number of rotatable bonds is 3. The van der Waals surface area contributed by atoms with Crippen LogP contribution in [0.4, 0.5) is 11.4 Å². The van der Waals surface area contributed by atoms with Gasteiger partial charge in [0.25, 0.3) is 0 Å². The average Bonchev–Trinajstić information content (AvgIpc) is 3.09. The quantitative estimate of drug-likeness (QED) is 0.870. The second-order valence-electron chi connectivity index (χ2n) is 5.43. The van der Waals surface area contributed by atoms with Gasteiger partial charge in [-0.1, -0.05) is 0 Å². The first-order valence-corrected chi connectivity index (χ1v) is 8.82. The number of nitrogens with zero attached hydrogens (tertiary/aromatic N) is 1. The summed E-state index contributed by atoms with van der Waals surface area (Å²) < 4.78 is 25.1. The molecular weight excluding hydrogens is 290 g/mol. The first-order valence-electron chi connectivity index (χ1n) is 7.21. The third-order valence-electron chi connectivity index (χ3n) is 3.90. The maximum atomic E-state index is 12.0. The van der Waals surface area contributed by atoms with Gasteiger partial charge in [0.1, 0.15) is 0 Å². The fourth-order valence-corrected chi connectivity index (χ4v) is 4.34. The first kappa shape index (κ1) is 14.3. The summed E-state index contributed by atoms with van der Waals surface area (Å²) in [6.45, 7) is 1.41. The minimum atomic E-state index is -3.15. The lowest BCUT2D eigenvalue weighted by Crippen LogP contribution is -2.35. The molecule has 0 aromatic heterocycles. The van der Waals surface area contributed by atoms with Crippen molar-refractivity contribution >= 4 is 27.3 Å². The van der Waals surface area contributed by atoms with Crippen molar-refractivity contribution in [3.63, 3.8) is 0 Å². The van der Waals surface area contributed by atoms with Crippen LogP contribution >= 0.6 is 0 Å². The number of benzene rings is 1. The molecule has 0 saturated carbocycles. The Bertz CT molecular complexity index is 621. The average molecular weight is 309 g/mol. The predicted octanol–water partition coefficient (Wildman–Crippen LogP) is 0.917. The number of sulfonamides is 1. The van der Waals surface area contributed by atoms with E-state index in [0.717, 1.165) is 19.4 Å². The topological polar surface area (TPSA) is 78.5 Å². The van der Waals surface area contributed by atoms with Gasteiger partial charge in [0.15, 0.2) is 0 Å². The predicted molar refractivity (Wildman–Crippen MR) is 81.8 cm³/mol. The van der Waals surface area contributed by atoms with Crippen LogP contribution in [0.5, 0.6) is 0 Å². The Morgan fingerprint density at radius 3 is 2.57 bits per heavy atom. The molecule has 114 valence electrons. The van der Waals surface area contributed by atoms with Crippen LogP contribution in [0.1, 0.15) is 19.3 Å². The monoisotopic (exact) mass is 309 g/mol. The summed E-state index contributed by atoms with van der Waals surface area (Å²) in [4.78, 5) is 12.0. The van der Waals surface area contributed by atoms with Gasteiger partial charge in [0.2, 0.25) is 15.9 Å². The van der Waals surface area contributed by atoms with Crippen molar-refractivity contribution in [2.24, 2.45) is 0 Å². The molecule has 2 N–H and O–H groups in total. The van der Waals surface area contributed by atoms with E-state index >= 15 is 0 Å². The van der Waals surface area contributed by atoms with Gasteiger partial charge in [0.05, 0.1) is 17.5 Å². The van der Waals surface area contributed by atoms with Crippen LogP contribution in [0, 0.1) is 0 Å². The Morgan fingerprint density at radius 1 is 1.24 bits per heavy atom. The number of carbonyl (C=O) groups is 1. The lowest BCUT2D eigenvalue weighted by Gasteiger charge is -2.17. The number of nitrogens with one attached hydrogen (secondary N) is 2. The minimum absolute atomic E-state index is 0.0333. The molecule has 1 unspecified atom stereocenters. The third-order valence-corrected chi connectivity index (χ3v) is 5.77. The largest absolute Gasteiger partial charge is 0.325 e. The van der Waals surface area contributed by atoms with Crippen molar-refractivity contribution in [2.75, 3.05) is 28.5 Å². The van der Waals surface area contributed by atoms with Gasteiger partial charge in [0, 0.05) is 12.2 Å². The summed E-state index contributed by atoms with van der Waals surface area (Å²) in [5, 5.41) is 6.00. The Hall–Kier alpha value is -1.60. The SMILES string of the molecule is O=C(Nc1ccc(N2CCCS2(=O)=O)cc1)C1CCCN1. The molecule has 2 fully saturated rings. The van der Waals surface area contributed by atoms with Crippen molar-refractivity contribution in [3.8, 4) is 0 Å². The van der Waals surface area contributed by atoms with Crippen molar-refractivity contribution in [1.29, 1.82) is 0 Å². The minimum Gasteiger partial charge on any atom is -0.325 e. The molecule has 21 heavy (non-hydrogen) atoms. The van der Waals surface area contributed by atoms with Crippen LogP contribution in [-0.4, -0.2) is 39.2 Å². The molecule has 2 aliphatic heterocycles. The summed E-state index contributed by atoms with van der Waals surface area (Å²) in [7, 11) is -3.15. The number of amides is 1. The van der Waals surface area contributed by atoms with E-state index in [1.165, 1.54) is 4.31 Å². The molecule has 1 aromatic rings. The number of hydrogen-bond acceptors (Lipinski definition) is 4. The molecule has 1 amide bonds.